The fourth-order valence-electron chi connectivity index (χ4n) is 1.44. The minimum Gasteiger partial charge on any atom is -0.460 e. The van der Waals surface area contributed by atoms with E-state index in [1.165, 1.54) is 18.4 Å². The van der Waals surface area contributed by atoms with Crippen molar-refractivity contribution in [2.45, 2.75) is 71.8 Å². The summed E-state index contributed by atoms with van der Waals surface area (Å²) >= 11 is 0. The van der Waals surface area contributed by atoms with Gasteiger partial charge >= 0.3 is 5.97 Å². The van der Waals surface area contributed by atoms with Crippen LogP contribution in [-0.2, 0) is 9.53 Å². The van der Waals surface area contributed by atoms with Gasteiger partial charge in [0.15, 0.2) is 0 Å². The Morgan fingerprint density at radius 3 is 2.00 bits per heavy atom. The van der Waals surface area contributed by atoms with Gasteiger partial charge in [-0.15, -0.1) is 6.58 Å². The molecule has 0 heterocycles. The maximum Gasteiger partial charge on any atom is 0.306 e. The molecule has 0 aliphatic carbocycles. The van der Waals surface area contributed by atoms with Crippen LogP contribution in [-0.4, -0.2) is 11.6 Å². The molecule has 0 rings (SSSR count). The molecule has 0 fully saturated rings. The summed E-state index contributed by atoms with van der Waals surface area (Å²) in [6.45, 7) is 11.6. The summed E-state index contributed by atoms with van der Waals surface area (Å²) in [5, 5.41) is 0. The Hall–Kier alpha value is -0.790. The van der Waals surface area contributed by atoms with E-state index in [0.717, 1.165) is 19.3 Å². The average molecular weight is 226 g/mol. The van der Waals surface area contributed by atoms with Gasteiger partial charge in [0, 0.05) is 6.42 Å². The minimum absolute atomic E-state index is 0.0765. The van der Waals surface area contributed by atoms with Crippen molar-refractivity contribution in [2.75, 3.05) is 0 Å². The first kappa shape index (κ1) is 15.2. The van der Waals surface area contributed by atoms with Crippen LogP contribution < -0.4 is 0 Å². The third-order valence-corrected chi connectivity index (χ3v) is 2.15. The van der Waals surface area contributed by atoms with Crippen LogP contribution >= 0.6 is 0 Å². The Kier molecular flexibility index (Phi) is 7.11. The fourth-order valence-corrected chi connectivity index (χ4v) is 1.44. The molecule has 0 spiro atoms. The first-order valence-electron chi connectivity index (χ1n) is 6.17. The minimum atomic E-state index is -0.350. The van der Waals surface area contributed by atoms with E-state index in [9.17, 15) is 4.79 Å². The molecule has 16 heavy (non-hydrogen) atoms. The lowest BCUT2D eigenvalue weighted by Crippen LogP contribution is -2.23. The van der Waals surface area contributed by atoms with Gasteiger partial charge in [-0.3, -0.25) is 4.79 Å². The van der Waals surface area contributed by atoms with Gasteiger partial charge < -0.3 is 4.74 Å². The van der Waals surface area contributed by atoms with E-state index >= 15 is 0 Å². The van der Waals surface area contributed by atoms with Crippen molar-refractivity contribution >= 4 is 5.97 Å². The lowest BCUT2D eigenvalue weighted by molar-refractivity contribution is -0.154. The van der Waals surface area contributed by atoms with Crippen LogP contribution in [0.5, 0.6) is 0 Å². The summed E-state index contributed by atoms with van der Waals surface area (Å²) in [6, 6.07) is 0. The molecule has 0 aliphatic heterocycles. The third kappa shape index (κ3) is 11.3. The largest absolute Gasteiger partial charge is 0.460 e. The van der Waals surface area contributed by atoms with E-state index in [1.54, 1.807) is 0 Å². The van der Waals surface area contributed by atoms with E-state index in [1.807, 2.05) is 20.8 Å². The topological polar surface area (TPSA) is 26.3 Å². The van der Waals surface area contributed by atoms with Gasteiger partial charge in [-0.25, -0.2) is 0 Å². The van der Waals surface area contributed by atoms with Crippen molar-refractivity contribution in [3.63, 3.8) is 0 Å². The highest BCUT2D eigenvalue weighted by atomic mass is 16.6. The summed E-state index contributed by atoms with van der Waals surface area (Å²) in [6.07, 6.45) is 6.05. The molecule has 0 saturated carbocycles. The molecule has 0 aliphatic rings. The van der Waals surface area contributed by atoms with Crippen molar-refractivity contribution in [3.05, 3.63) is 12.2 Å². The lowest BCUT2D eigenvalue weighted by Gasteiger charge is -2.19. The number of ether oxygens (including phenoxy) is 1. The molecule has 0 amide bonds. The summed E-state index contributed by atoms with van der Waals surface area (Å²) in [4.78, 5) is 11.4. The Bertz CT molecular complexity index is 223. The third-order valence-electron chi connectivity index (χ3n) is 2.15. The molecule has 94 valence electrons. The number of hydrogen-bond acceptors (Lipinski definition) is 2. The second-order valence-electron chi connectivity index (χ2n) is 5.46. The highest BCUT2D eigenvalue weighted by molar-refractivity contribution is 5.69. The van der Waals surface area contributed by atoms with Crippen LogP contribution in [0.4, 0.5) is 0 Å². The van der Waals surface area contributed by atoms with Crippen molar-refractivity contribution in [1.29, 1.82) is 0 Å². The van der Waals surface area contributed by atoms with Crippen LogP contribution in [0.1, 0.15) is 66.2 Å². The zero-order valence-corrected chi connectivity index (χ0v) is 11.3. The SMILES string of the molecule is C=C(C)CCCCCCC(=O)OC(C)(C)C. The summed E-state index contributed by atoms with van der Waals surface area (Å²) in [5.74, 6) is -0.0765. The van der Waals surface area contributed by atoms with Crippen molar-refractivity contribution in [2.24, 2.45) is 0 Å². The quantitative estimate of drug-likeness (QED) is 0.368. The number of rotatable bonds is 7. The number of carbonyl (C=O) groups is 1. The van der Waals surface area contributed by atoms with Gasteiger partial charge in [-0.05, 0) is 47.0 Å². The molecule has 0 aromatic heterocycles. The van der Waals surface area contributed by atoms with Gasteiger partial charge in [0.25, 0.3) is 0 Å². The number of unbranched alkanes of at least 4 members (excludes halogenated alkanes) is 3. The van der Waals surface area contributed by atoms with Gasteiger partial charge in [-0.1, -0.05) is 18.4 Å². The number of hydrogen-bond donors (Lipinski definition) is 0. The van der Waals surface area contributed by atoms with Crippen LogP contribution in [0.3, 0.4) is 0 Å². The summed E-state index contributed by atoms with van der Waals surface area (Å²) in [7, 11) is 0. The highest BCUT2D eigenvalue weighted by Crippen LogP contribution is 2.12. The molecule has 0 bridgehead atoms. The number of esters is 1. The molecule has 0 unspecified atom stereocenters. The zero-order chi connectivity index (χ0) is 12.6. The molecular formula is C14H26O2. The first-order chi connectivity index (χ1) is 7.31. The first-order valence-corrected chi connectivity index (χ1v) is 6.17. The normalized spacial score (nSPS) is 11.2. The van der Waals surface area contributed by atoms with Gasteiger partial charge in [0.05, 0.1) is 0 Å². The molecule has 0 aromatic rings. The summed E-state index contributed by atoms with van der Waals surface area (Å²) < 4.78 is 5.23. The van der Waals surface area contributed by atoms with E-state index in [2.05, 4.69) is 13.5 Å². The molecule has 2 nitrogen and oxygen atoms in total. The molecular weight excluding hydrogens is 200 g/mol. The van der Waals surface area contributed by atoms with Crippen LogP contribution in [0.2, 0.25) is 0 Å². The molecule has 0 radical (unpaired) electrons. The predicted molar refractivity (Wildman–Crippen MR) is 68.4 cm³/mol. The number of carbonyl (C=O) groups excluding carboxylic acids is 1. The Labute approximate surface area is 100 Å². The molecule has 2 heteroatoms. The molecule has 0 saturated heterocycles. The second kappa shape index (κ2) is 7.48. The van der Waals surface area contributed by atoms with E-state index in [4.69, 9.17) is 4.74 Å². The van der Waals surface area contributed by atoms with E-state index in [0.29, 0.717) is 6.42 Å². The smallest absolute Gasteiger partial charge is 0.306 e. The Morgan fingerprint density at radius 1 is 1.06 bits per heavy atom. The van der Waals surface area contributed by atoms with Gasteiger partial charge in [-0.2, -0.15) is 0 Å². The highest BCUT2D eigenvalue weighted by Gasteiger charge is 2.15. The fraction of sp³-hybridized carbons (Fsp3) is 0.786. The lowest BCUT2D eigenvalue weighted by atomic mass is 10.1. The number of allylic oxidation sites excluding steroid dienone is 1. The van der Waals surface area contributed by atoms with Gasteiger partial charge in [0.2, 0.25) is 0 Å². The van der Waals surface area contributed by atoms with Gasteiger partial charge in [0.1, 0.15) is 5.60 Å². The second-order valence-corrected chi connectivity index (χ2v) is 5.46. The van der Waals surface area contributed by atoms with Crippen LogP contribution in [0.15, 0.2) is 12.2 Å². The predicted octanol–water partition coefficient (Wildman–Crippen LogP) is 4.24. The Balaban J connectivity index is 3.38. The zero-order valence-electron chi connectivity index (χ0n) is 11.3. The van der Waals surface area contributed by atoms with Crippen LogP contribution in [0, 0.1) is 0 Å². The average Bonchev–Trinajstić information content (AvgIpc) is 2.07. The standard InChI is InChI=1S/C14H26O2/c1-12(2)10-8-6-7-9-11-13(15)16-14(3,4)5/h1,6-11H2,2-5H3. The van der Waals surface area contributed by atoms with Crippen molar-refractivity contribution in [3.8, 4) is 0 Å². The summed E-state index contributed by atoms with van der Waals surface area (Å²) in [5.41, 5.74) is 0.893. The van der Waals surface area contributed by atoms with E-state index < -0.39 is 0 Å². The van der Waals surface area contributed by atoms with Crippen LogP contribution in [0.25, 0.3) is 0 Å². The maximum absolute atomic E-state index is 11.4. The maximum atomic E-state index is 11.4. The Morgan fingerprint density at radius 2 is 1.56 bits per heavy atom. The van der Waals surface area contributed by atoms with E-state index in [-0.39, 0.29) is 11.6 Å². The monoisotopic (exact) mass is 226 g/mol. The van der Waals surface area contributed by atoms with Crippen molar-refractivity contribution < 1.29 is 9.53 Å². The molecule has 0 aromatic carbocycles. The molecule has 0 N–H and O–H groups in total. The van der Waals surface area contributed by atoms with Crippen molar-refractivity contribution in [1.82, 2.24) is 0 Å². The molecule has 0 atom stereocenters.